The van der Waals surface area contributed by atoms with Crippen molar-refractivity contribution in [2.24, 2.45) is 0 Å². The maximum Gasteiger partial charge on any atom is 0.191 e. The van der Waals surface area contributed by atoms with E-state index in [0.29, 0.717) is 5.04 Å². The maximum absolute atomic E-state index is 6.17. The summed E-state index contributed by atoms with van der Waals surface area (Å²) in [7, 11) is -1.57. The van der Waals surface area contributed by atoms with E-state index in [1.54, 1.807) is 0 Å². The second-order valence-electron chi connectivity index (χ2n) is 6.30. The van der Waals surface area contributed by atoms with Crippen LogP contribution in [0.1, 0.15) is 40.0 Å². The van der Waals surface area contributed by atoms with Crippen LogP contribution in [-0.4, -0.2) is 14.9 Å². The van der Waals surface area contributed by atoms with Gasteiger partial charge in [0.2, 0.25) is 0 Å². The number of halogens is 1. The molecule has 0 heterocycles. The summed E-state index contributed by atoms with van der Waals surface area (Å²) >= 11 is 5.94. The molecule has 0 spiro atoms. The van der Waals surface area contributed by atoms with E-state index in [1.165, 1.54) is 5.57 Å². The van der Waals surface area contributed by atoms with E-state index in [1.807, 2.05) is 6.08 Å². The average Bonchev–Trinajstić information content (AvgIpc) is 2.19. The van der Waals surface area contributed by atoms with E-state index in [-0.39, 0.29) is 0 Å². The number of hydrogen-bond acceptors (Lipinski definition) is 1. The lowest BCUT2D eigenvalue weighted by Gasteiger charge is -2.36. The molecule has 0 aliphatic heterocycles. The van der Waals surface area contributed by atoms with Gasteiger partial charge >= 0.3 is 0 Å². The first-order valence-electron chi connectivity index (χ1n) is 6.40. The normalized spacial score (nSPS) is 17.8. The Bertz CT molecular complexity index is 324. The second-order valence-corrected chi connectivity index (χ2v) is 11.6. The van der Waals surface area contributed by atoms with Crippen LogP contribution in [0.5, 0.6) is 0 Å². The molecule has 0 unspecified atom stereocenters. The quantitative estimate of drug-likeness (QED) is 0.636. The third kappa shape index (κ3) is 4.61. The van der Waals surface area contributed by atoms with Gasteiger partial charge in [-0.15, -0.1) is 0 Å². The SMILES string of the molecule is CC(C)(C)[Si](C)(C)OCCC1=CC=C(Cl)CC1. The summed E-state index contributed by atoms with van der Waals surface area (Å²) in [6, 6.07) is 0. The number of rotatable bonds is 4. The lowest BCUT2D eigenvalue weighted by atomic mass is 10.0. The van der Waals surface area contributed by atoms with E-state index in [0.717, 1.165) is 30.9 Å². The van der Waals surface area contributed by atoms with Crippen LogP contribution in [0, 0.1) is 0 Å². The largest absolute Gasteiger partial charge is 0.417 e. The molecule has 0 aromatic rings. The van der Waals surface area contributed by atoms with Gasteiger partial charge in [-0.3, -0.25) is 0 Å². The molecule has 0 radical (unpaired) electrons. The highest BCUT2D eigenvalue weighted by Crippen LogP contribution is 2.36. The molecule has 1 aliphatic rings. The summed E-state index contributed by atoms with van der Waals surface area (Å²) in [5.41, 5.74) is 1.47. The first-order valence-corrected chi connectivity index (χ1v) is 9.69. The van der Waals surface area contributed by atoms with E-state index in [9.17, 15) is 0 Å². The Morgan fingerprint density at radius 1 is 1.24 bits per heavy atom. The van der Waals surface area contributed by atoms with Gasteiger partial charge in [-0.2, -0.15) is 0 Å². The average molecular weight is 273 g/mol. The topological polar surface area (TPSA) is 9.23 Å². The van der Waals surface area contributed by atoms with E-state index >= 15 is 0 Å². The molecular formula is C14H25ClOSi. The van der Waals surface area contributed by atoms with Crippen LogP contribution >= 0.6 is 11.6 Å². The van der Waals surface area contributed by atoms with Crippen molar-refractivity contribution in [3.8, 4) is 0 Å². The van der Waals surface area contributed by atoms with E-state index in [2.05, 4.69) is 39.9 Å². The van der Waals surface area contributed by atoms with Gasteiger partial charge in [0.15, 0.2) is 8.32 Å². The zero-order chi connectivity index (χ0) is 13.1. The maximum atomic E-state index is 6.17. The Kier molecular flexibility index (Phi) is 5.05. The predicted octanol–water partition coefficient (Wildman–Crippen LogP) is 5.24. The van der Waals surface area contributed by atoms with Crippen LogP contribution in [-0.2, 0) is 4.43 Å². The number of allylic oxidation sites excluding steroid dienone is 3. The van der Waals surface area contributed by atoms with Crippen LogP contribution in [0.4, 0.5) is 0 Å². The monoisotopic (exact) mass is 272 g/mol. The van der Waals surface area contributed by atoms with Crippen molar-refractivity contribution >= 4 is 19.9 Å². The van der Waals surface area contributed by atoms with Crippen molar-refractivity contribution in [3.05, 3.63) is 22.8 Å². The number of hydrogen-bond donors (Lipinski definition) is 0. The molecule has 1 aliphatic carbocycles. The molecule has 3 heteroatoms. The van der Waals surface area contributed by atoms with Crippen LogP contribution < -0.4 is 0 Å². The minimum atomic E-state index is -1.57. The van der Waals surface area contributed by atoms with Gasteiger partial charge in [0.1, 0.15) is 0 Å². The van der Waals surface area contributed by atoms with Gasteiger partial charge in [-0.25, -0.2) is 0 Å². The summed E-state index contributed by atoms with van der Waals surface area (Å²) in [4.78, 5) is 0. The van der Waals surface area contributed by atoms with E-state index < -0.39 is 8.32 Å². The predicted molar refractivity (Wildman–Crippen MR) is 79.0 cm³/mol. The van der Waals surface area contributed by atoms with Crippen molar-refractivity contribution in [2.45, 2.75) is 58.2 Å². The zero-order valence-corrected chi connectivity index (χ0v) is 13.5. The minimum absolute atomic E-state index is 0.303. The highest BCUT2D eigenvalue weighted by Gasteiger charge is 2.36. The van der Waals surface area contributed by atoms with Crippen LogP contribution in [0.3, 0.4) is 0 Å². The molecule has 17 heavy (non-hydrogen) atoms. The Labute approximate surface area is 112 Å². The molecule has 0 N–H and O–H groups in total. The third-order valence-corrected chi connectivity index (χ3v) is 8.73. The molecule has 98 valence electrons. The van der Waals surface area contributed by atoms with Gasteiger partial charge in [0.25, 0.3) is 0 Å². The Hall–Kier alpha value is -0.0531. The fraction of sp³-hybridized carbons (Fsp3) is 0.714. The first-order chi connectivity index (χ1) is 7.72. The molecule has 0 saturated heterocycles. The Balaban J connectivity index is 2.39. The van der Waals surface area contributed by atoms with Crippen LogP contribution in [0.15, 0.2) is 22.8 Å². The molecule has 0 aromatic carbocycles. The Morgan fingerprint density at radius 2 is 1.88 bits per heavy atom. The molecule has 0 fully saturated rings. The van der Waals surface area contributed by atoms with Crippen molar-refractivity contribution in [3.63, 3.8) is 0 Å². The van der Waals surface area contributed by atoms with Crippen molar-refractivity contribution in [2.75, 3.05) is 6.61 Å². The van der Waals surface area contributed by atoms with Crippen molar-refractivity contribution in [1.29, 1.82) is 0 Å². The summed E-state index contributed by atoms with van der Waals surface area (Å²) in [5.74, 6) is 0. The molecule has 0 atom stereocenters. The van der Waals surface area contributed by atoms with Crippen molar-refractivity contribution < 1.29 is 4.43 Å². The first kappa shape index (κ1) is 15.0. The minimum Gasteiger partial charge on any atom is -0.417 e. The van der Waals surface area contributed by atoms with Crippen LogP contribution in [0.2, 0.25) is 18.1 Å². The zero-order valence-electron chi connectivity index (χ0n) is 11.8. The van der Waals surface area contributed by atoms with E-state index in [4.69, 9.17) is 16.0 Å². The van der Waals surface area contributed by atoms with Gasteiger partial charge in [-0.1, -0.05) is 44.0 Å². The van der Waals surface area contributed by atoms with Crippen molar-refractivity contribution in [1.82, 2.24) is 0 Å². The second kappa shape index (κ2) is 5.72. The fourth-order valence-electron chi connectivity index (χ4n) is 1.52. The molecule has 0 aromatic heterocycles. The van der Waals surface area contributed by atoms with Gasteiger partial charge in [0.05, 0.1) is 0 Å². The molecule has 0 amide bonds. The highest BCUT2D eigenvalue weighted by molar-refractivity contribution is 6.74. The van der Waals surface area contributed by atoms with Crippen LogP contribution in [0.25, 0.3) is 0 Å². The molecule has 0 bridgehead atoms. The molecule has 1 nitrogen and oxygen atoms in total. The lowest BCUT2D eigenvalue weighted by molar-refractivity contribution is 0.290. The van der Waals surface area contributed by atoms with Gasteiger partial charge in [-0.05, 0) is 43.5 Å². The third-order valence-electron chi connectivity index (χ3n) is 3.88. The summed E-state index contributed by atoms with van der Waals surface area (Å²) in [6.45, 7) is 12.3. The Morgan fingerprint density at radius 3 is 2.35 bits per heavy atom. The highest BCUT2D eigenvalue weighted by atomic mass is 35.5. The molecule has 1 rings (SSSR count). The smallest absolute Gasteiger partial charge is 0.191 e. The van der Waals surface area contributed by atoms with Gasteiger partial charge in [0, 0.05) is 11.6 Å². The summed E-state index contributed by atoms with van der Waals surface area (Å²) in [5, 5.41) is 1.27. The standard InChI is InChI=1S/C14H25ClOSi/c1-14(2,3)17(4,5)16-11-10-12-6-8-13(15)9-7-12/h6,8H,7,9-11H2,1-5H3. The molecule has 0 saturated carbocycles. The fourth-order valence-corrected chi connectivity index (χ4v) is 2.72. The summed E-state index contributed by atoms with van der Waals surface area (Å²) in [6.07, 6.45) is 7.31. The van der Waals surface area contributed by atoms with Gasteiger partial charge < -0.3 is 4.43 Å². The summed E-state index contributed by atoms with van der Waals surface area (Å²) < 4.78 is 6.17. The molecular weight excluding hydrogens is 248 g/mol. The lowest BCUT2D eigenvalue weighted by Crippen LogP contribution is -2.41.